The molecule has 0 unspecified atom stereocenters. The Morgan fingerprint density at radius 1 is 1.45 bits per heavy atom. The summed E-state index contributed by atoms with van der Waals surface area (Å²) < 4.78 is 2.09. The van der Waals surface area contributed by atoms with E-state index in [2.05, 4.69) is 32.1 Å². The number of imidazole rings is 1. The predicted molar refractivity (Wildman–Crippen MR) is 79.5 cm³/mol. The summed E-state index contributed by atoms with van der Waals surface area (Å²) in [5.74, 6) is -0.791. The first-order chi connectivity index (χ1) is 9.20. The summed E-state index contributed by atoms with van der Waals surface area (Å²) in [6.07, 6.45) is 2.11. The molecule has 4 nitrogen and oxygen atoms in total. The molecule has 0 fully saturated rings. The van der Waals surface area contributed by atoms with E-state index < -0.39 is 5.97 Å². The molecule has 3 rings (SSSR count). The summed E-state index contributed by atoms with van der Waals surface area (Å²) in [4.78, 5) is 16.7. The van der Waals surface area contributed by atoms with Crippen LogP contribution in [0.3, 0.4) is 0 Å². The molecule has 0 aromatic carbocycles. The summed E-state index contributed by atoms with van der Waals surface area (Å²) in [5, 5.41) is 11.0. The van der Waals surface area contributed by atoms with Crippen LogP contribution in [-0.4, -0.2) is 20.5 Å². The average Bonchev–Trinajstić information content (AvgIpc) is 2.74. The van der Waals surface area contributed by atoms with Gasteiger partial charge in [-0.1, -0.05) is 27.7 Å². The van der Waals surface area contributed by atoms with Gasteiger partial charge in [0.2, 0.25) is 0 Å². The van der Waals surface area contributed by atoms with Crippen molar-refractivity contribution in [2.24, 2.45) is 5.41 Å². The second kappa shape index (κ2) is 4.07. The highest BCUT2D eigenvalue weighted by molar-refractivity contribution is 7.15. The molecule has 2 aromatic heterocycles. The van der Waals surface area contributed by atoms with E-state index in [4.69, 9.17) is 10.1 Å². The van der Waals surface area contributed by atoms with E-state index in [1.807, 2.05) is 5.38 Å². The van der Waals surface area contributed by atoms with E-state index in [-0.39, 0.29) is 17.3 Å². The number of aliphatic carboxylic acids is 1. The van der Waals surface area contributed by atoms with Crippen LogP contribution in [0.15, 0.2) is 5.38 Å². The van der Waals surface area contributed by atoms with Gasteiger partial charge in [0.15, 0.2) is 4.96 Å². The maximum absolute atomic E-state index is 11.0. The fourth-order valence-corrected chi connectivity index (χ4v) is 4.76. The number of hydrogen-bond donors (Lipinski definition) is 1. The van der Waals surface area contributed by atoms with Crippen molar-refractivity contribution in [1.29, 1.82) is 0 Å². The summed E-state index contributed by atoms with van der Waals surface area (Å²) in [7, 11) is 0. The molecule has 0 saturated carbocycles. The number of carboxylic acids is 1. The molecule has 1 aliphatic carbocycles. The Balaban J connectivity index is 2.23. The highest BCUT2D eigenvalue weighted by atomic mass is 32.1. The molecule has 2 aromatic rings. The van der Waals surface area contributed by atoms with E-state index in [1.165, 1.54) is 17.0 Å². The van der Waals surface area contributed by atoms with Crippen LogP contribution in [0.1, 0.15) is 51.2 Å². The first-order valence-corrected chi connectivity index (χ1v) is 7.78. The zero-order valence-corrected chi connectivity index (χ0v) is 13.2. The number of thiazole rings is 1. The Hall–Kier alpha value is -1.36. The smallest absolute Gasteiger partial charge is 0.309 e. The van der Waals surface area contributed by atoms with Gasteiger partial charge in [-0.05, 0) is 18.3 Å². The molecule has 0 saturated heterocycles. The van der Waals surface area contributed by atoms with Crippen molar-refractivity contribution in [3.05, 3.63) is 22.5 Å². The molecule has 0 amide bonds. The van der Waals surface area contributed by atoms with Gasteiger partial charge in [0.05, 0.1) is 17.8 Å². The summed E-state index contributed by atoms with van der Waals surface area (Å²) >= 11 is 1.54. The molecule has 0 radical (unpaired) electrons. The van der Waals surface area contributed by atoms with Crippen molar-refractivity contribution in [2.75, 3.05) is 0 Å². The third kappa shape index (κ3) is 2.04. The lowest BCUT2D eigenvalue weighted by Crippen LogP contribution is -2.35. The Morgan fingerprint density at radius 3 is 2.80 bits per heavy atom. The summed E-state index contributed by atoms with van der Waals surface area (Å²) in [5.41, 5.74) is 3.46. The second-order valence-electron chi connectivity index (χ2n) is 7.22. The SMILES string of the molecule is CC1(C)Cc2nc3scc(CC(=O)O)n3c2C(C)(C)C1. The number of aromatic nitrogens is 2. The Bertz CT molecular complexity index is 694. The van der Waals surface area contributed by atoms with Crippen LogP contribution in [0.4, 0.5) is 0 Å². The molecular formula is C15H20N2O2S. The average molecular weight is 292 g/mol. The number of carbonyl (C=O) groups is 1. The van der Waals surface area contributed by atoms with Gasteiger partial charge >= 0.3 is 5.97 Å². The van der Waals surface area contributed by atoms with Crippen molar-refractivity contribution < 1.29 is 9.90 Å². The maximum atomic E-state index is 11.0. The van der Waals surface area contributed by atoms with Gasteiger partial charge in [0.25, 0.3) is 0 Å². The lowest BCUT2D eigenvalue weighted by atomic mass is 9.66. The van der Waals surface area contributed by atoms with Crippen molar-refractivity contribution >= 4 is 22.3 Å². The molecule has 108 valence electrons. The standard InChI is InChI=1S/C15H20N2O2S/c1-14(2)6-10-12(15(3,4)8-14)17-9(5-11(18)19)7-20-13(17)16-10/h7H,5-6,8H2,1-4H3,(H,18,19). The van der Waals surface area contributed by atoms with Gasteiger partial charge in [-0.15, -0.1) is 11.3 Å². The number of fused-ring (bicyclic) bond motifs is 3. The number of hydrogen-bond acceptors (Lipinski definition) is 3. The normalized spacial score (nSPS) is 20.0. The van der Waals surface area contributed by atoms with Crippen molar-refractivity contribution in [3.63, 3.8) is 0 Å². The molecule has 2 heterocycles. The highest BCUT2D eigenvalue weighted by Crippen LogP contribution is 2.46. The molecule has 1 N–H and O–H groups in total. The lowest BCUT2D eigenvalue weighted by molar-refractivity contribution is -0.136. The minimum Gasteiger partial charge on any atom is -0.481 e. The molecule has 0 spiro atoms. The molecule has 5 heteroatoms. The molecule has 1 aliphatic rings. The third-order valence-electron chi connectivity index (χ3n) is 4.05. The summed E-state index contributed by atoms with van der Waals surface area (Å²) in [6.45, 7) is 9.04. The maximum Gasteiger partial charge on any atom is 0.309 e. The third-order valence-corrected chi connectivity index (χ3v) is 4.92. The van der Waals surface area contributed by atoms with Crippen LogP contribution in [0, 0.1) is 5.41 Å². The van der Waals surface area contributed by atoms with E-state index in [0.29, 0.717) is 0 Å². The molecular weight excluding hydrogens is 272 g/mol. The van der Waals surface area contributed by atoms with Gasteiger partial charge in [0.1, 0.15) is 0 Å². The minimum atomic E-state index is -0.791. The number of rotatable bonds is 2. The van der Waals surface area contributed by atoms with Crippen molar-refractivity contribution in [3.8, 4) is 0 Å². The molecule has 0 atom stereocenters. The zero-order valence-electron chi connectivity index (χ0n) is 12.4. The molecule has 20 heavy (non-hydrogen) atoms. The van der Waals surface area contributed by atoms with Crippen LogP contribution >= 0.6 is 11.3 Å². The number of nitrogens with zero attached hydrogens (tertiary/aromatic N) is 2. The van der Waals surface area contributed by atoms with Gasteiger partial charge in [-0.25, -0.2) is 4.98 Å². The Kier molecular flexibility index (Phi) is 2.77. The minimum absolute atomic E-state index is 0.0187. The van der Waals surface area contributed by atoms with Crippen LogP contribution in [-0.2, 0) is 23.1 Å². The Labute approximate surface area is 122 Å². The first-order valence-electron chi connectivity index (χ1n) is 6.90. The number of carboxylic acid groups (broad SMARTS) is 1. The van der Waals surface area contributed by atoms with Gasteiger partial charge in [-0.3, -0.25) is 9.20 Å². The van der Waals surface area contributed by atoms with Crippen LogP contribution < -0.4 is 0 Å². The van der Waals surface area contributed by atoms with E-state index in [1.54, 1.807) is 0 Å². The van der Waals surface area contributed by atoms with E-state index >= 15 is 0 Å². The molecule has 0 bridgehead atoms. The van der Waals surface area contributed by atoms with Crippen LogP contribution in [0.25, 0.3) is 4.96 Å². The van der Waals surface area contributed by atoms with E-state index in [9.17, 15) is 4.79 Å². The Morgan fingerprint density at radius 2 is 2.15 bits per heavy atom. The van der Waals surface area contributed by atoms with Crippen LogP contribution in [0.2, 0.25) is 0 Å². The quantitative estimate of drug-likeness (QED) is 0.924. The van der Waals surface area contributed by atoms with Crippen molar-refractivity contribution in [2.45, 2.75) is 52.4 Å². The van der Waals surface area contributed by atoms with Gasteiger partial charge in [0, 0.05) is 16.5 Å². The fraction of sp³-hybridized carbons (Fsp3) is 0.600. The fourth-order valence-electron chi connectivity index (χ4n) is 3.85. The lowest BCUT2D eigenvalue weighted by Gasteiger charge is -2.40. The monoisotopic (exact) mass is 292 g/mol. The highest BCUT2D eigenvalue weighted by Gasteiger charge is 2.41. The van der Waals surface area contributed by atoms with Gasteiger partial charge < -0.3 is 5.11 Å². The largest absolute Gasteiger partial charge is 0.481 e. The van der Waals surface area contributed by atoms with Crippen molar-refractivity contribution in [1.82, 2.24) is 9.38 Å². The predicted octanol–water partition coefficient (Wildman–Crippen LogP) is 3.27. The van der Waals surface area contributed by atoms with Gasteiger partial charge in [-0.2, -0.15) is 0 Å². The topological polar surface area (TPSA) is 54.6 Å². The van der Waals surface area contributed by atoms with E-state index in [0.717, 1.165) is 29.2 Å². The molecule has 0 aliphatic heterocycles. The van der Waals surface area contributed by atoms with Crippen LogP contribution in [0.5, 0.6) is 0 Å². The second-order valence-corrected chi connectivity index (χ2v) is 8.06. The summed E-state index contributed by atoms with van der Waals surface area (Å²) in [6, 6.07) is 0. The first kappa shape index (κ1) is 13.6. The zero-order chi connectivity index (χ0) is 14.7.